The average Bonchev–Trinajstić information content (AvgIpc) is 2.92. The summed E-state index contributed by atoms with van der Waals surface area (Å²) in [5, 5.41) is 34.9. The molecule has 6 rings (SSSR count). The highest BCUT2D eigenvalue weighted by Crippen LogP contribution is 2.40. The Morgan fingerprint density at radius 2 is 1.16 bits per heavy atom. The summed E-state index contributed by atoms with van der Waals surface area (Å²) >= 11 is 0. The highest BCUT2D eigenvalue weighted by atomic mass is 16.5. The van der Waals surface area contributed by atoms with E-state index in [9.17, 15) is 15.3 Å². The third kappa shape index (κ3) is 3.83. The molecule has 0 aliphatic heterocycles. The zero-order valence-electron chi connectivity index (χ0n) is 19.8. The van der Waals surface area contributed by atoms with Crippen LogP contribution in [0.15, 0.2) is 91.0 Å². The van der Waals surface area contributed by atoms with E-state index in [1.165, 1.54) is 18.2 Å². The molecule has 0 aliphatic rings. The van der Waals surface area contributed by atoms with Crippen molar-refractivity contribution >= 4 is 21.5 Å². The monoisotopic (exact) mass is 487 g/mol. The number of phenols is 3. The van der Waals surface area contributed by atoms with Crippen molar-refractivity contribution < 1.29 is 20.1 Å². The quantitative estimate of drug-likeness (QED) is 0.268. The number of hydrogen-bond donors (Lipinski definition) is 3. The number of aromatic hydroxyl groups is 3. The van der Waals surface area contributed by atoms with Gasteiger partial charge >= 0.3 is 0 Å². The fourth-order valence-corrected chi connectivity index (χ4v) is 4.58. The molecule has 7 nitrogen and oxygen atoms in total. The van der Waals surface area contributed by atoms with Gasteiger partial charge in [0, 0.05) is 6.07 Å². The summed E-state index contributed by atoms with van der Waals surface area (Å²) in [6.07, 6.45) is 0. The number of fused-ring (bicyclic) bond motifs is 2. The highest BCUT2D eigenvalue weighted by Gasteiger charge is 2.21. The third-order valence-corrected chi connectivity index (χ3v) is 6.32. The van der Waals surface area contributed by atoms with E-state index in [1.54, 1.807) is 13.2 Å². The molecule has 0 bridgehead atoms. The molecule has 0 aliphatic carbocycles. The minimum absolute atomic E-state index is 0.0154. The van der Waals surface area contributed by atoms with Gasteiger partial charge in [-0.3, -0.25) is 0 Å². The molecule has 37 heavy (non-hydrogen) atoms. The average molecular weight is 488 g/mol. The van der Waals surface area contributed by atoms with Gasteiger partial charge in [0.05, 0.1) is 23.8 Å². The van der Waals surface area contributed by atoms with Gasteiger partial charge < -0.3 is 20.1 Å². The Morgan fingerprint density at radius 1 is 0.568 bits per heavy atom. The van der Waals surface area contributed by atoms with Crippen LogP contribution in [0.2, 0.25) is 0 Å². The number of nitrogens with zero attached hydrogens (tertiary/aromatic N) is 3. The Labute approximate surface area is 211 Å². The maximum Gasteiger partial charge on any atom is 0.168 e. The van der Waals surface area contributed by atoms with Crippen molar-refractivity contribution in [3.63, 3.8) is 0 Å². The smallest absolute Gasteiger partial charge is 0.168 e. The number of aromatic nitrogens is 3. The van der Waals surface area contributed by atoms with Gasteiger partial charge in [-0.15, -0.1) is 0 Å². The molecule has 0 saturated carbocycles. The highest BCUT2D eigenvalue weighted by molar-refractivity contribution is 6.00. The van der Waals surface area contributed by atoms with Crippen LogP contribution < -0.4 is 4.74 Å². The second-order valence-electron chi connectivity index (χ2n) is 8.55. The lowest BCUT2D eigenvalue weighted by Gasteiger charge is -2.15. The zero-order chi connectivity index (χ0) is 25.5. The fourth-order valence-electron chi connectivity index (χ4n) is 4.58. The Bertz CT molecular complexity index is 1820. The number of hydrogen-bond acceptors (Lipinski definition) is 7. The fraction of sp³-hybridized carbons (Fsp3) is 0.0333. The summed E-state index contributed by atoms with van der Waals surface area (Å²) in [5.74, 6) is 1.04. The number of phenolic OH excluding ortho intramolecular Hbond substituents is 3. The van der Waals surface area contributed by atoms with Gasteiger partial charge in [-0.05, 0) is 45.8 Å². The van der Waals surface area contributed by atoms with Crippen LogP contribution in [0.5, 0.6) is 23.0 Å². The first-order valence-corrected chi connectivity index (χ1v) is 11.6. The molecule has 5 aromatic carbocycles. The number of rotatable bonds is 4. The van der Waals surface area contributed by atoms with E-state index in [4.69, 9.17) is 14.7 Å². The summed E-state index contributed by atoms with van der Waals surface area (Å²) in [7, 11) is 1.58. The van der Waals surface area contributed by atoms with E-state index in [2.05, 4.69) is 4.98 Å². The number of ether oxygens (including phenoxy) is 1. The maximum atomic E-state index is 10.9. The van der Waals surface area contributed by atoms with Crippen molar-refractivity contribution in [2.45, 2.75) is 0 Å². The summed E-state index contributed by atoms with van der Waals surface area (Å²) in [6, 6.07) is 26.9. The standard InChI is InChI=1S/C30H21N3O4/c1-37-25-15-11-18-7-3-5-9-21(18)27(25)30-32-28(22-13-12-19(34)16-24(22)36)31-29(33-30)26-20-8-4-2-6-17(20)10-14-23(26)35/h2-16,34-36H,1H3. The molecule has 0 unspecified atom stereocenters. The minimum Gasteiger partial charge on any atom is -0.508 e. The molecule has 7 heteroatoms. The summed E-state index contributed by atoms with van der Waals surface area (Å²) < 4.78 is 5.70. The van der Waals surface area contributed by atoms with Gasteiger partial charge in [-0.2, -0.15) is 0 Å². The lowest BCUT2D eigenvalue weighted by Crippen LogP contribution is -2.02. The SMILES string of the molecule is COc1ccc2ccccc2c1-c1nc(-c2ccc(O)cc2O)nc(-c2c(O)ccc3ccccc23)n1. The molecule has 1 aromatic heterocycles. The molecule has 1 heterocycles. The van der Waals surface area contributed by atoms with E-state index < -0.39 is 0 Å². The summed E-state index contributed by atoms with van der Waals surface area (Å²) in [4.78, 5) is 14.2. The number of benzene rings is 5. The minimum atomic E-state index is -0.185. The van der Waals surface area contributed by atoms with Crippen LogP contribution in [0.25, 0.3) is 55.7 Å². The second kappa shape index (κ2) is 8.80. The van der Waals surface area contributed by atoms with Crippen LogP contribution in [-0.4, -0.2) is 37.4 Å². The van der Waals surface area contributed by atoms with Crippen molar-refractivity contribution in [3.05, 3.63) is 91.0 Å². The van der Waals surface area contributed by atoms with Crippen molar-refractivity contribution in [3.8, 4) is 57.2 Å². The first kappa shape index (κ1) is 22.3. The Kier molecular flexibility index (Phi) is 5.31. The third-order valence-electron chi connectivity index (χ3n) is 6.32. The van der Waals surface area contributed by atoms with Gasteiger partial charge in [0.2, 0.25) is 0 Å². The summed E-state index contributed by atoms with van der Waals surface area (Å²) in [6.45, 7) is 0. The van der Waals surface area contributed by atoms with Crippen molar-refractivity contribution in [1.82, 2.24) is 15.0 Å². The van der Waals surface area contributed by atoms with Gasteiger partial charge in [0.25, 0.3) is 0 Å². The normalized spacial score (nSPS) is 11.2. The van der Waals surface area contributed by atoms with Crippen LogP contribution in [0.1, 0.15) is 0 Å². The predicted molar refractivity (Wildman–Crippen MR) is 143 cm³/mol. The zero-order valence-corrected chi connectivity index (χ0v) is 19.8. The molecule has 0 saturated heterocycles. The maximum absolute atomic E-state index is 10.9. The molecule has 0 amide bonds. The topological polar surface area (TPSA) is 109 Å². The number of methoxy groups -OCH3 is 1. The van der Waals surface area contributed by atoms with E-state index in [0.717, 1.165) is 21.5 Å². The van der Waals surface area contributed by atoms with Crippen LogP contribution in [-0.2, 0) is 0 Å². The van der Waals surface area contributed by atoms with Gasteiger partial charge in [0.15, 0.2) is 17.5 Å². The van der Waals surface area contributed by atoms with Crippen LogP contribution in [0.3, 0.4) is 0 Å². The lowest BCUT2D eigenvalue weighted by atomic mass is 10.0. The first-order valence-electron chi connectivity index (χ1n) is 11.6. The van der Waals surface area contributed by atoms with E-state index in [-0.39, 0.29) is 28.9 Å². The van der Waals surface area contributed by atoms with E-state index in [0.29, 0.717) is 28.3 Å². The molecule has 0 fully saturated rings. The Morgan fingerprint density at radius 3 is 1.84 bits per heavy atom. The second-order valence-corrected chi connectivity index (χ2v) is 8.55. The van der Waals surface area contributed by atoms with Gasteiger partial charge in [-0.25, -0.2) is 15.0 Å². The first-order chi connectivity index (χ1) is 18.0. The van der Waals surface area contributed by atoms with Crippen molar-refractivity contribution in [1.29, 1.82) is 0 Å². The molecule has 0 radical (unpaired) electrons. The van der Waals surface area contributed by atoms with Crippen LogP contribution in [0.4, 0.5) is 0 Å². The molecule has 6 aromatic rings. The molecule has 0 atom stereocenters. The Hall–Kier alpha value is -5.17. The van der Waals surface area contributed by atoms with E-state index in [1.807, 2.05) is 66.7 Å². The molecule has 3 N–H and O–H groups in total. The van der Waals surface area contributed by atoms with Crippen LogP contribution in [0, 0.1) is 0 Å². The predicted octanol–water partition coefficient (Wildman–Crippen LogP) is 6.30. The van der Waals surface area contributed by atoms with Gasteiger partial charge in [-0.1, -0.05) is 60.7 Å². The van der Waals surface area contributed by atoms with Crippen LogP contribution >= 0.6 is 0 Å². The molecule has 0 spiro atoms. The molecular weight excluding hydrogens is 466 g/mol. The lowest BCUT2D eigenvalue weighted by molar-refractivity contribution is 0.416. The summed E-state index contributed by atoms with van der Waals surface area (Å²) in [5.41, 5.74) is 1.41. The largest absolute Gasteiger partial charge is 0.508 e. The Balaban J connectivity index is 1.72. The van der Waals surface area contributed by atoms with Crippen molar-refractivity contribution in [2.24, 2.45) is 0 Å². The van der Waals surface area contributed by atoms with Gasteiger partial charge in [0.1, 0.15) is 23.0 Å². The van der Waals surface area contributed by atoms with Crippen molar-refractivity contribution in [2.75, 3.05) is 7.11 Å². The van der Waals surface area contributed by atoms with E-state index >= 15 is 0 Å². The molecule has 180 valence electrons. The molecular formula is C30H21N3O4.